The van der Waals surface area contributed by atoms with Crippen LogP contribution in [0.2, 0.25) is 0 Å². The van der Waals surface area contributed by atoms with Gasteiger partial charge in [0.05, 0.1) is 7.11 Å². The van der Waals surface area contributed by atoms with Gasteiger partial charge in [0.2, 0.25) is 0 Å². The third-order valence-corrected chi connectivity index (χ3v) is 4.00. The van der Waals surface area contributed by atoms with Crippen LogP contribution in [0.15, 0.2) is 18.2 Å². The molecule has 0 unspecified atom stereocenters. The highest BCUT2D eigenvalue weighted by Crippen LogP contribution is 2.25. The van der Waals surface area contributed by atoms with Gasteiger partial charge in [0.15, 0.2) is 0 Å². The molecule has 1 heterocycles. The quantitative estimate of drug-likeness (QED) is 0.839. The van der Waals surface area contributed by atoms with E-state index in [1.54, 1.807) is 19.2 Å². The van der Waals surface area contributed by atoms with Crippen molar-refractivity contribution in [3.05, 3.63) is 23.8 Å². The van der Waals surface area contributed by atoms with Crippen LogP contribution in [0, 0.1) is 0 Å². The molecule has 112 valence electrons. The Labute approximate surface area is 120 Å². The fraction of sp³-hybridized carbons (Fsp3) is 0.600. The van der Waals surface area contributed by atoms with Gasteiger partial charge < -0.3 is 19.8 Å². The van der Waals surface area contributed by atoms with E-state index in [1.807, 2.05) is 6.07 Å². The van der Waals surface area contributed by atoms with Crippen LogP contribution >= 0.6 is 0 Å². The van der Waals surface area contributed by atoms with E-state index >= 15 is 0 Å². The lowest BCUT2D eigenvalue weighted by atomic mass is 10.1. The molecule has 1 saturated heterocycles. The number of aliphatic hydroxyl groups is 1. The maximum atomic E-state index is 9.95. The van der Waals surface area contributed by atoms with Gasteiger partial charge in [-0.3, -0.25) is 4.90 Å². The summed E-state index contributed by atoms with van der Waals surface area (Å²) in [6.07, 6.45) is 0.789. The highest BCUT2D eigenvalue weighted by atomic mass is 16.5. The second-order valence-electron chi connectivity index (χ2n) is 5.38. The first-order valence-corrected chi connectivity index (χ1v) is 7.03. The fourth-order valence-corrected chi connectivity index (χ4v) is 2.67. The minimum Gasteiger partial charge on any atom is -0.508 e. The smallest absolute Gasteiger partial charge is 0.120 e. The number of aromatic hydroxyl groups is 1. The van der Waals surface area contributed by atoms with E-state index in [4.69, 9.17) is 9.84 Å². The molecule has 1 aromatic carbocycles. The first-order chi connectivity index (χ1) is 9.63. The Morgan fingerprint density at radius 3 is 2.85 bits per heavy atom. The number of nitrogens with zero attached hydrogens (tertiary/aromatic N) is 2. The van der Waals surface area contributed by atoms with Crippen molar-refractivity contribution < 1.29 is 14.9 Å². The van der Waals surface area contributed by atoms with Crippen LogP contribution in [0.1, 0.15) is 12.0 Å². The third-order valence-electron chi connectivity index (χ3n) is 4.00. The van der Waals surface area contributed by atoms with Crippen molar-refractivity contribution in [2.24, 2.45) is 0 Å². The molecule has 5 heteroatoms. The zero-order valence-corrected chi connectivity index (χ0v) is 12.2. The average molecular weight is 280 g/mol. The molecule has 1 aliphatic heterocycles. The maximum Gasteiger partial charge on any atom is 0.120 e. The van der Waals surface area contributed by atoms with Crippen molar-refractivity contribution in [1.82, 2.24) is 9.80 Å². The number of phenols is 1. The van der Waals surface area contributed by atoms with E-state index in [1.165, 1.54) is 0 Å². The second kappa shape index (κ2) is 6.92. The number of phenolic OH excluding ortho intramolecular Hbond substituents is 1. The molecule has 5 nitrogen and oxygen atoms in total. The van der Waals surface area contributed by atoms with Gasteiger partial charge in [0, 0.05) is 44.4 Å². The molecule has 1 aromatic rings. The topological polar surface area (TPSA) is 56.2 Å². The zero-order valence-electron chi connectivity index (χ0n) is 12.2. The number of hydrogen-bond donors (Lipinski definition) is 2. The van der Waals surface area contributed by atoms with Gasteiger partial charge in [-0.1, -0.05) is 0 Å². The van der Waals surface area contributed by atoms with E-state index in [9.17, 15) is 5.11 Å². The van der Waals surface area contributed by atoms with Crippen molar-refractivity contribution in [3.8, 4) is 11.5 Å². The number of methoxy groups -OCH3 is 1. The van der Waals surface area contributed by atoms with Crippen molar-refractivity contribution in [2.45, 2.75) is 19.0 Å². The summed E-state index contributed by atoms with van der Waals surface area (Å²) in [6.45, 7) is 3.78. The van der Waals surface area contributed by atoms with Crippen LogP contribution in [0.25, 0.3) is 0 Å². The lowest BCUT2D eigenvalue weighted by Gasteiger charge is -2.39. The van der Waals surface area contributed by atoms with Crippen LogP contribution in [0.4, 0.5) is 0 Å². The molecule has 1 atom stereocenters. The molecule has 2 N–H and O–H groups in total. The summed E-state index contributed by atoms with van der Waals surface area (Å²) < 4.78 is 5.20. The van der Waals surface area contributed by atoms with Gasteiger partial charge >= 0.3 is 0 Å². The van der Waals surface area contributed by atoms with Crippen LogP contribution in [0.3, 0.4) is 0 Å². The Morgan fingerprint density at radius 1 is 1.35 bits per heavy atom. The predicted octanol–water partition coefficient (Wildman–Crippen LogP) is 0.899. The maximum absolute atomic E-state index is 9.95. The third kappa shape index (κ3) is 3.62. The van der Waals surface area contributed by atoms with Gasteiger partial charge in [-0.15, -0.1) is 0 Å². The SMILES string of the molecule is COc1ccc(O)c(CN2CCN(C)[C@H](CCO)C2)c1. The zero-order chi connectivity index (χ0) is 14.5. The molecule has 0 bridgehead atoms. The number of likely N-dealkylation sites (N-methyl/N-ethyl adjacent to an activating group) is 1. The highest BCUT2D eigenvalue weighted by Gasteiger charge is 2.24. The summed E-state index contributed by atoms with van der Waals surface area (Å²) in [7, 11) is 3.73. The molecule has 20 heavy (non-hydrogen) atoms. The van der Waals surface area contributed by atoms with Crippen LogP contribution < -0.4 is 4.74 Å². The molecule has 0 aromatic heterocycles. The minimum absolute atomic E-state index is 0.216. The minimum atomic E-state index is 0.216. The number of piperazine rings is 1. The van der Waals surface area contributed by atoms with Crippen molar-refractivity contribution in [1.29, 1.82) is 0 Å². The van der Waals surface area contributed by atoms with Gasteiger partial charge in [0.25, 0.3) is 0 Å². The number of aliphatic hydroxyl groups excluding tert-OH is 1. The first kappa shape index (κ1) is 15.1. The first-order valence-electron chi connectivity index (χ1n) is 7.03. The molecular weight excluding hydrogens is 256 g/mol. The number of ether oxygens (including phenoxy) is 1. The summed E-state index contributed by atoms with van der Waals surface area (Å²) in [5.41, 5.74) is 0.886. The summed E-state index contributed by atoms with van der Waals surface area (Å²) >= 11 is 0. The van der Waals surface area contributed by atoms with Gasteiger partial charge in [0.1, 0.15) is 11.5 Å². The lowest BCUT2D eigenvalue weighted by Crippen LogP contribution is -2.51. The summed E-state index contributed by atoms with van der Waals surface area (Å²) in [4.78, 5) is 4.60. The average Bonchev–Trinajstić information content (AvgIpc) is 2.45. The molecule has 0 spiro atoms. The molecule has 0 amide bonds. The highest BCUT2D eigenvalue weighted by molar-refractivity contribution is 5.39. The standard InChI is InChI=1S/C15H24N2O3/c1-16-6-7-17(11-13(16)5-8-18)10-12-9-14(20-2)3-4-15(12)19/h3-4,9,13,18-19H,5-8,10-11H2,1-2H3/t13-/m1/s1. The number of rotatable bonds is 5. The Balaban J connectivity index is 2.02. The molecular formula is C15H24N2O3. The van der Waals surface area contributed by atoms with E-state index < -0.39 is 0 Å². The molecule has 2 rings (SSSR count). The Kier molecular flexibility index (Phi) is 5.23. The summed E-state index contributed by atoms with van der Waals surface area (Å²) in [6, 6.07) is 5.70. The van der Waals surface area contributed by atoms with Gasteiger partial charge in [-0.05, 0) is 31.7 Å². The van der Waals surface area contributed by atoms with E-state index in [2.05, 4.69) is 16.8 Å². The Hall–Kier alpha value is -1.30. The monoisotopic (exact) mass is 280 g/mol. The van der Waals surface area contributed by atoms with Crippen molar-refractivity contribution in [3.63, 3.8) is 0 Å². The largest absolute Gasteiger partial charge is 0.508 e. The Bertz CT molecular complexity index is 439. The van der Waals surface area contributed by atoms with Crippen LogP contribution in [0.5, 0.6) is 11.5 Å². The van der Waals surface area contributed by atoms with Crippen LogP contribution in [-0.4, -0.2) is 66.5 Å². The molecule has 0 aliphatic carbocycles. The molecule has 0 radical (unpaired) electrons. The molecule has 1 fully saturated rings. The van der Waals surface area contributed by atoms with Gasteiger partial charge in [-0.2, -0.15) is 0 Å². The normalized spacial score (nSPS) is 21.1. The summed E-state index contributed by atoms with van der Waals surface area (Å²) in [5.74, 6) is 1.07. The lowest BCUT2D eigenvalue weighted by molar-refractivity contribution is 0.0738. The predicted molar refractivity (Wildman–Crippen MR) is 78.1 cm³/mol. The van der Waals surface area contributed by atoms with E-state index in [0.29, 0.717) is 18.3 Å². The Morgan fingerprint density at radius 2 is 2.15 bits per heavy atom. The molecule has 1 aliphatic rings. The number of benzene rings is 1. The number of hydrogen-bond acceptors (Lipinski definition) is 5. The van der Waals surface area contributed by atoms with Crippen molar-refractivity contribution >= 4 is 0 Å². The van der Waals surface area contributed by atoms with Gasteiger partial charge in [-0.25, -0.2) is 0 Å². The second-order valence-corrected chi connectivity index (χ2v) is 5.38. The van der Waals surface area contributed by atoms with Crippen LogP contribution in [-0.2, 0) is 6.54 Å². The van der Waals surface area contributed by atoms with Crippen molar-refractivity contribution in [2.75, 3.05) is 40.4 Å². The van der Waals surface area contributed by atoms with E-state index in [-0.39, 0.29) is 6.61 Å². The summed E-state index contributed by atoms with van der Waals surface area (Å²) in [5, 5.41) is 19.1. The molecule has 0 saturated carbocycles. The van der Waals surface area contributed by atoms with E-state index in [0.717, 1.165) is 37.4 Å². The fourth-order valence-electron chi connectivity index (χ4n) is 2.67.